The highest BCUT2D eigenvalue weighted by molar-refractivity contribution is 7.92. The first-order chi connectivity index (χ1) is 10.3. The van der Waals surface area contributed by atoms with Gasteiger partial charge in [-0.2, -0.15) is 0 Å². The zero-order valence-corrected chi connectivity index (χ0v) is 13.5. The van der Waals surface area contributed by atoms with Crippen molar-refractivity contribution >= 4 is 33.1 Å². The van der Waals surface area contributed by atoms with Gasteiger partial charge >= 0.3 is 0 Å². The largest absolute Gasteiger partial charge is 0.497 e. The summed E-state index contributed by atoms with van der Waals surface area (Å²) in [4.78, 5) is 11.2. The summed E-state index contributed by atoms with van der Waals surface area (Å²) in [6.45, 7) is 1.44. The Morgan fingerprint density at radius 2 is 1.77 bits per heavy atom. The number of anilines is 1. The fourth-order valence-electron chi connectivity index (χ4n) is 1.81. The highest BCUT2D eigenvalue weighted by Crippen LogP contribution is 2.27. The van der Waals surface area contributed by atoms with Gasteiger partial charge in [0.05, 0.1) is 12.1 Å². The Hall–Kier alpha value is -2.05. The second-order valence-electron chi connectivity index (χ2n) is 4.54. The fourth-order valence-corrected chi connectivity index (χ4v) is 3.40. The SMILES string of the molecule is COc1ccc(S(=O)(=O)Nc2ccc(C(C)=O)cc2)c(Cl)c1. The summed E-state index contributed by atoms with van der Waals surface area (Å²) < 4.78 is 32.1. The van der Waals surface area contributed by atoms with Crippen molar-refractivity contribution in [1.82, 2.24) is 0 Å². The van der Waals surface area contributed by atoms with Crippen molar-refractivity contribution in [2.45, 2.75) is 11.8 Å². The Balaban J connectivity index is 2.29. The molecule has 5 nitrogen and oxygen atoms in total. The van der Waals surface area contributed by atoms with E-state index in [9.17, 15) is 13.2 Å². The molecule has 0 aliphatic heterocycles. The Morgan fingerprint density at radius 1 is 1.14 bits per heavy atom. The summed E-state index contributed by atoms with van der Waals surface area (Å²) in [5.41, 5.74) is 0.849. The third kappa shape index (κ3) is 3.58. The first-order valence-electron chi connectivity index (χ1n) is 6.31. The third-order valence-corrected chi connectivity index (χ3v) is 4.84. The number of carbonyl (C=O) groups is 1. The lowest BCUT2D eigenvalue weighted by atomic mass is 10.1. The molecule has 116 valence electrons. The zero-order valence-electron chi connectivity index (χ0n) is 12.0. The summed E-state index contributed by atoms with van der Waals surface area (Å²) in [6.07, 6.45) is 0. The van der Waals surface area contributed by atoms with Crippen molar-refractivity contribution in [3.63, 3.8) is 0 Å². The zero-order chi connectivity index (χ0) is 16.3. The lowest BCUT2D eigenvalue weighted by molar-refractivity contribution is 0.101. The molecule has 0 radical (unpaired) electrons. The molecule has 0 aliphatic rings. The molecule has 0 bridgehead atoms. The van der Waals surface area contributed by atoms with Crippen molar-refractivity contribution in [2.75, 3.05) is 11.8 Å². The van der Waals surface area contributed by atoms with E-state index in [1.807, 2.05) is 0 Å². The number of methoxy groups -OCH3 is 1. The van der Waals surface area contributed by atoms with Crippen LogP contribution in [0.4, 0.5) is 5.69 Å². The predicted molar refractivity (Wildman–Crippen MR) is 85.3 cm³/mol. The van der Waals surface area contributed by atoms with Crippen LogP contribution in [-0.2, 0) is 10.0 Å². The molecular formula is C15H14ClNO4S. The molecule has 0 aliphatic carbocycles. The lowest BCUT2D eigenvalue weighted by Crippen LogP contribution is -2.13. The molecule has 0 aromatic heterocycles. The second kappa shape index (κ2) is 6.37. The highest BCUT2D eigenvalue weighted by atomic mass is 35.5. The fraction of sp³-hybridized carbons (Fsp3) is 0.133. The van der Waals surface area contributed by atoms with E-state index in [-0.39, 0.29) is 15.7 Å². The van der Waals surface area contributed by atoms with E-state index in [0.29, 0.717) is 17.0 Å². The maximum absolute atomic E-state index is 12.3. The molecule has 1 N–H and O–H groups in total. The van der Waals surface area contributed by atoms with E-state index in [0.717, 1.165) is 0 Å². The molecule has 0 heterocycles. The van der Waals surface area contributed by atoms with Crippen LogP contribution in [0, 0.1) is 0 Å². The average Bonchev–Trinajstić information content (AvgIpc) is 2.46. The standard InChI is InChI=1S/C15H14ClNO4S/c1-10(18)11-3-5-12(6-4-11)17-22(19,20)15-8-7-13(21-2)9-14(15)16/h3-9,17H,1-2H3. The number of rotatable bonds is 5. The van der Waals surface area contributed by atoms with Crippen molar-refractivity contribution in [2.24, 2.45) is 0 Å². The first kappa shape index (κ1) is 16.3. The summed E-state index contributed by atoms with van der Waals surface area (Å²) in [5, 5.41) is 0.0622. The Morgan fingerprint density at radius 3 is 2.27 bits per heavy atom. The molecule has 0 saturated heterocycles. The van der Waals surface area contributed by atoms with Crippen LogP contribution in [0.3, 0.4) is 0 Å². The van der Waals surface area contributed by atoms with Gasteiger partial charge in [0.15, 0.2) is 5.78 Å². The maximum atomic E-state index is 12.3. The number of hydrogen-bond acceptors (Lipinski definition) is 4. The molecule has 0 amide bonds. The van der Waals surface area contributed by atoms with Gasteiger partial charge in [-0.25, -0.2) is 8.42 Å². The summed E-state index contributed by atoms with van der Waals surface area (Å²) in [5.74, 6) is 0.377. The number of ether oxygens (including phenoxy) is 1. The molecule has 0 fully saturated rings. The van der Waals surface area contributed by atoms with Gasteiger partial charge in [0.1, 0.15) is 10.6 Å². The number of ketones is 1. The first-order valence-corrected chi connectivity index (χ1v) is 8.17. The quantitative estimate of drug-likeness (QED) is 0.848. The maximum Gasteiger partial charge on any atom is 0.263 e. The number of nitrogens with one attached hydrogen (secondary N) is 1. The van der Waals surface area contributed by atoms with Gasteiger partial charge in [-0.1, -0.05) is 11.6 Å². The van der Waals surface area contributed by atoms with Crippen LogP contribution >= 0.6 is 11.6 Å². The van der Waals surface area contributed by atoms with E-state index in [4.69, 9.17) is 16.3 Å². The van der Waals surface area contributed by atoms with Crippen LogP contribution in [-0.4, -0.2) is 21.3 Å². The van der Waals surface area contributed by atoms with Crippen LogP contribution in [0.15, 0.2) is 47.4 Å². The van der Waals surface area contributed by atoms with Crippen molar-refractivity contribution in [3.05, 3.63) is 53.1 Å². The van der Waals surface area contributed by atoms with Crippen LogP contribution in [0.25, 0.3) is 0 Å². The molecule has 2 aromatic rings. The molecule has 0 unspecified atom stereocenters. The summed E-state index contributed by atoms with van der Waals surface area (Å²) >= 11 is 5.98. The van der Waals surface area contributed by atoms with Gasteiger partial charge in [0.25, 0.3) is 10.0 Å². The van der Waals surface area contributed by atoms with E-state index < -0.39 is 10.0 Å². The van der Waals surface area contributed by atoms with Gasteiger partial charge < -0.3 is 4.74 Å². The highest BCUT2D eigenvalue weighted by Gasteiger charge is 2.18. The van der Waals surface area contributed by atoms with E-state index in [1.54, 1.807) is 12.1 Å². The van der Waals surface area contributed by atoms with E-state index in [2.05, 4.69) is 4.72 Å². The van der Waals surface area contributed by atoms with Crippen molar-refractivity contribution in [1.29, 1.82) is 0 Å². The minimum atomic E-state index is -3.82. The molecule has 0 atom stereocenters. The predicted octanol–water partition coefficient (Wildman–Crippen LogP) is 3.35. The van der Waals surface area contributed by atoms with Crippen LogP contribution in [0.1, 0.15) is 17.3 Å². The second-order valence-corrected chi connectivity index (χ2v) is 6.59. The number of Topliss-reactive ketones (excluding diaryl/α,β-unsaturated/α-hetero) is 1. The summed E-state index contributed by atoms with van der Waals surface area (Å²) in [6, 6.07) is 10.4. The molecular weight excluding hydrogens is 326 g/mol. The molecule has 0 saturated carbocycles. The minimum absolute atomic E-state index is 0.0504. The van der Waals surface area contributed by atoms with E-state index >= 15 is 0 Å². The number of halogens is 1. The summed E-state index contributed by atoms with van der Waals surface area (Å²) in [7, 11) is -2.36. The van der Waals surface area contributed by atoms with Gasteiger partial charge in [-0.15, -0.1) is 0 Å². The van der Waals surface area contributed by atoms with Crippen LogP contribution < -0.4 is 9.46 Å². The molecule has 7 heteroatoms. The smallest absolute Gasteiger partial charge is 0.263 e. The van der Waals surface area contributed by atoms with Crippen molar-refractivity contribution in [3.8, 4) is 5.75 Å². The molecule has 0 spiro atoms. The molecule has 2 aromatic carbocycles. The minimum Gasteiger partial charge on any atom is -0.497 e. The lowest BCUT2D eigenvalue weighted by Gasteiger charge is -2.10. The normalized spacial score (nSPS) is 11.0. The number of hydrogen-bond donors (Lipinski definition) is 1. The Kier molecular flexibility index (Phi) is 4.73. The Bertz CT molecular complexity index is 801. The Labute approximate surface area is 133 Å². The van der Waals surface area contributed by atoms with Gasteiger partial charge in [-0.3, -0.25) is 9.52 Å². The molecule has 22 heavy (non-hydrogen) atoms. The molecule has 2 rings (SSSR count). The van der Waals surface area contributed by atoms with Crippen molar-refractivity contribution < 1.29 is 17.9 Å². The van der Waals surface area contributed by atoms with Gasteiger partial charge in [0, 0.05) is 17.3 Å². The third-order valence-electron chi connectivity index (χ3n) is 2.97. The topological polar surface area (TPSA) is 72.5 Å². The van der Waals surface area contributed by atoms with E-state index in [1.165, 1.54) is 44.4 Å². The number of sulfonamides is 1. The van der Waals surface area contributed by atoms with Gasteiger partial charge in [0.2, 0.25) is 0 Å². The number of carbonyl (C=O) groups excluding carboxylic acids is 1. The number of benzene rings is 2. The van der Waals surface area contributed by atoms with Crippen LogP contribution in [0.5, 0.6) is 5.75 Å². The monoisotopic (exact) mass is 339 g/mol. The average molecular weight is 340 g/mol. The van der Waals surface area contributed by atoms with Crippen LogP contribution in [0.2, 0.25) is 5.02 Å². The van der Waals surface area contributed by atoms with Gasteiger partial charge in [-0.05, 0) is 43.3 Å².